The lowest BCUT2D eigenvalue weighted by atomic mass is 9.96. The molecule has 0 unspecified atom stereocenters. The Morgan fingerprint density at radius 2 is 2.04 bits per heavy atom. The van der Waals surface area contributed by atoms with Crippen molar-refractivity contribution in [2.24, 2.45) is 0 Å². The van der Waals surface area contributed by atoms with Crippen LogP contribution in [0.1, 0.15) is 35.8 Å². The minimum Gasteiger partial charge on any atom is -0.282 e. The van der Waals surface area contributed by atoms with Crippen molar-refractivity contribution in [2.75, 3.05) is 19.3 Å². The molecular formula is C15H21N5O2S. The molecule has 0 aliphatic carbocycles. The number of aromatic nitrogens is 4. The molecule has 0 radical (unpaired) electrons. The van der Waals surface area contributed by atoms with Gasteiger partial charge in [0.2, 0.25) is 10.0 Å². The Morgan fingerprint density at radius 1 is 1.26 bits per heavy atom. The van der Waals surface area contributed by atoms with Gasteiger partial charge >= 0.3 is 0 Å². The van der Waals surface area contributed by atoms with Crippen molar-refractivity contribution >= 4 is 10.0 Å². The first-order valence-electron chi connectivity index (χ1n) is 7.65. The normalized spacial score (nSPS) is 19.9. The third kappa shape index (κ3) is 3.28. The number of aryl methyl sites for hydroxylation is 2. The highest BCUT2D eigenvalue weighted by Crippen LogP contribution is 2.28. The predicted molar refractivity (Wildman–Crippen MR) is 87.5 cm³/mol. The first-order valence-corrected chi connectivity index (χ1v) is 9.50. The Bertz CT molecular complexity index is 778. The van der Waals surface area contributed by atoms with Gasteiger partial charge in [-0.1, -0.05) is 0 Å². The Morgan fingerprint density at radius 3 is 2.61 bits per heavy atom. The van der Waals surface area contributed by atoms with Crippen molar-refractivity contribution in [1.29, 1.82) is 0 Å². The molecule has 124 valence electrons. The Labute approximate surface area is 136 Å². The van der Waals surface area contributed by atoms with E-state index in [0.717, 1.165) is 41.2 Å². The fraction of sp³-hybridized carbons (Fsp3) is 0.533. The van der Waals surface area contributed by atoms with E-state index in [2.05, 4.69) is 20.2 Å². The van der Waals surface area contributed by atoms with Crippen LogP contribution in [-0.2, 0) is 10.0 Å². The Hall–Kier alpha value is -1.80. The van der Waals surface area contributed by atoms with Gasteiger partial charge in [0.1, 0.15) is 0 Å². The van der Waals surface area contributed by atoms with E-state index in [9.17, 15) is 8.42 Å². The topological polar surface area (TPSA) is 91.8 Å². The second kappa shape index (κ2) is 6.01. The molecular weight excluding hydrogens is 314 g/mol. The summed E-state index contributed by atoms with van der Waals surface area (Å²) in [4.78, 5) is 9.05. The summed E-state index contributed by atoms with van der Waals surface area (Å²) in [5.74, 6) is 0.103. The van der Waals surface area contributed by atoms with E-state index in [0.29, 0.717) is 13.1 Å². The zero-order chi connectivity index (χ0) is 16.6. The van der Waals surface area contributed by atoms with E-state index in [4.69, 9.17) is 0 Å². The fourth-order valence-electron chi connectivity index (χ4n) is 3.09. The van der Waals surface area contributed by atoms with Crippen LogP contribution in [-0.4, -0.2) is 52.2 Å². The summed E-state index contributed by atoms with van der Waals surface area (Å²) >= 11 is 0. The molecule has 23 heavy (non-hydrogen) atoms. The number of sulfonamides is 1. The number of nitrogens with one attached hydrogen (secondary N) is 1. The van der Waals surface area contributed by atoms with E-state index in [-0.39, 0.29) is 5.92 Å². The summed E-state index contributed by atoms with van der Waals surface area (Å²) in [6.45, 7) is 4.96. The number of hydrogen-bond acceptors (Lipinski definition) is 5. The minimum absolute atomic E-state index is 0.103. The van der Waals surface area contributed by atoms with Crippen LogP contribution in [0.4, 0.5) is 0 Å². The van der Waals surface area contributed by atoms with Crippen molar-refractivity contribution in [1.82, 2.24) is 24.5 Å². The highest BCUT2D eigenvalue weighted by atomic mass is 32.2. The van der Waals surface area contributed by atoms with Crippen molar-refractivity contribution < 1.29 is 8.42 Å². The first-order chi connectivity index (χ1) is 10.9. The number of piperidine rings is 1. The lowest BCUT2D eigenvalue weighted by molar-refractivity contribution is 0.314. The van der Waals surface area contributed by atoms with Gasteiger partial charge in [0.25, 0.3) is 0 Å². The van der Waals surface area contributed by atoms with Gasteiger partial charge in [-0.25, -0.2) is 12.7 Å². The summed E-state index contributed by atoms with van der Waals surface area (Å²) in [7, 11) is -3.15. The van der Waals surface area contributed by atoms with Crippen molar-refractivity contribution in [2.45, 2.75) is 32.6 Å². The SMILES string of the molecule is Cc1n[nH]c(C)c1-c1cnc([C@H]2CCCN(S(C)(=O)=O)C2)cn1. The molecule has 8 heteroatoms. The fourth-order valence-corrected chi connectivity index (χ4v) is 4.00. The van der Waals surface area contributed by atoms with Gasteiger partial charge in [-0.3, -0.25) is 15.1 Å². The summed E-state index contributed by atoms with van der Waals surface area (Å²) in [6, 6.07) is 0. The largest absolute Gasteiger partial charge is 0.282 e. The molecule has 1 saturated heterocycles. The van der Waals surface area contributed by atoms with E-state index < -0.39 is 10.0 Å². The molecule has 1 aliphatic heterocycles. The molecule has 1 N–H and O–H groups in total. The second-order valence-electron chi connectivity index (χ2n) is 6.10. The first kappa shape index (κ1) is 16.1. The molecule has 0 amide bonds. The van der Waals surface area contributed by atoms with Gasteiger partial charge in [0, 0.05) is 36.5 Å². The molecule has 2 aromatic heterocycles. The molecule has 1 atom stereocenters. The van der Waals surface area contributed by atoms with Crippen LogP contribution in [0.5, 0.6) is 0 Å². The third-order valence-corrected chi connectivity index (χ3v) is 5.60. The van der Waals surface area contributed by atoms with E-state index in [1.54, 1.807) is 12.4 Å². The Balaban J connectivity index is 1.82. The van der Waals surface area contributed by atoms with E-state index in [1.165, 1.54) is 10.6 Å². The van der Waals surface area contributed by atoms with Crippen molar-refractivity contribution in [3.63, 3.8) is 0 Å². The molecule has 3 rings (SSSR count). The lowest BCUT2D eigenvalue weighted by Gasteiger charge is -2.30. The maximum Gasteiger partial charge on any atom is 0.211 e. The molecule has 0 spiro atoms. The number of nitrogens with zero attached hydrogens (tertiary/aromatic N) is 4. The summed E-state index contributed by atoms with van der Waals surface area (Å²) in [5, 5.41) is 7.12. The van der Waals surface area contributed by atoms with E-state index >= 15 is 0 Å². The number of H-pyrrole nitrogens is 1. The van der Waals surface area contributed by atoms with Crippen molar-refractivity contribution in [3.8, 4) is 11.3 Å². The maximum atomic E-state index is 11.7. The number of hydrogen-bond donors (Lipinski definition) is 1. The molecule has 1 aliphatic rings. The summed E-state index contributed by atoms with van der Waals surface area (Å²) in [5.41, 5.74) is 4.47. The zero-order valence-corrected chi connectivity index (χ0v) is 14.4. The average molecular weight is 335 g/mol. The monoisotopic (exact) mass is 335 g/mol. The quantitative estimate of drug-likeness (QED) is 0.920. The summed E-state index contributed by atoms with van der Waals surface area (Å²) in [6.07, 6.45) is 6.55. The molecule has 2 aromatic rings. The molecule has 0 aromatic carbocycles. The van der Waals surface area contributed by atoms with Gasteiger partial charge in [0.05, 0.1) is 29.5 Å². The molecule has 3 heterocycles. The zero-order valence-electron chi connectivity index (χ0n) is 13.6. The standard InChI is InChI=1S/C15H21N5O2S/c1-10-15(11(2)19-18-10)14-8-16-13(7-17-14)12-5-4-6-20(9-12)23(3,21)22/h7-8,12H,4-6,9H2,1-3H3,(H,18,19)/t12-/m0/s1. The highest BCUT2D eigenvalue weighted by Gasteiger charge is 2.27. The Kier molecular flexibility index (Phi) is 4.20. The highest BCUT2D eigenvalue weighted by molar-refractivity contribution is 7.88. The predicted octanol–water partition coefficient (Wildman–Crippen LogP) is 1.62. The molecule has 0 saturated carbocycles. The van der Waals surface area contributed by atoms with Gasteiger partial charge in [-0.15, -0.1) is 0 Å². The summed E-state index contributed by atoms with van der Waals surface area (Å²) < 4.78 is 25.0. The maximum absolute atomic E-state index is 11.7. The number of rotatable bonds is 3. The van der Waals surface area contributed by atoms with Crippen LogP contribution in [0.2, 0.25) is 0 Å². The molecule has 0 bridgehead atoms. The van der Waals surface area contributed by atoms with Gasteiger partial charge < -0.3 is 0 Å². The minimum atomic E-state index is -3.15. The van der Waals surface area contributed by atoms with Crippen LogP contribution in [0.15, 0.2) is 12.4 Å². The van der Waals surface area contributed by atoms with E-state index in [1.807, 2.05) is 13.8 Å². The average Bonchev–Trinajstić information content (AvgIpc) is 2.86. The third-order valence-electron chi connectivity index (χ3n) is 4.33. The van der Waals surface area contributed by atoms with Crippen LogP contribution >= 0.6 is 0 Å². The lowest BCUT2D eigenvalue weighted by Crippen LogP contribution is -2.38. The molecule has 7 nitrogen and oxygen atoms in total. The van der Waals surface area contributed by atoms with Gasteiger partial charge in [0.15, 0.2) is 0 Å². The van der Waals surface area contributed by atoms with Crippen LogP contribution in [0.25, 0.3) is 11.3 Å². The van der Waals surface area contributed by atoms with Crippen molar-refractivity contribution in [3.05, 3.63) is 29.5 Å². The van der Waals surface area contributed by atoms with Crippen LogP contribution in [0, 0.1) is 13.8 Å². The smallest absolute Gasteiger partial charge is 0.211 e. The van der Waals surface area contributed by atoms with Gasteiger partial charge in [-0.05, 0) is 26.7 Å². The van der Waals surface area contributed by atoms with Gasteiger partial charge in [-0.2, -0.15) is 5.10 Å². The van der Waals surface area contributed by atoms with Crippen LogP contribution < -0.4 is 0 Å². The molecule has 1 fully saturated rings. The second-order valence-corrected chi connectivity index (χ2v) is 8.08. The van der Waals surface area contributed by atoms with Crippen LogP contribution in [0.3, 0.4) is 0 Å². The number of aromatic amines is 1.